The van der Waals surface area contributed by atoms with E-state index in [9.17, 15) is 8.78 Å². The van der Waals surface area contributed by atoms with E-state index < -0.39 is 11.6 Å². The lowest BCUT2D eigenvalue weighted by atomic mass is 9.84. The van der Waals surface area contributed by atoms with E-state index in [4.69, 9.17) is 0 Å². The fraction of sp³-hybridized carbons (Fsp3) is 0.467. The highest BCUT2D eigenvalue weighted by Crippen LogP contribution is 2.32. The number of rotatable bonds is 3. The lowest BCUT2D eigenvalue weighted by Crippen LogP contribution is -2.10. The first-order valence-corrected chi connectivity index (χ1v) is 7.55. The molecule has 1 aromatic carbocycles. The third-order valence-corrected chi connectivity index (χ3v) is 4.26. The Morgan fingerprint density at radius 2 is 1.78 bits per heavy atom. The van der Waals surface area contributed by atoms with Crippen LogP contribution in [0.5, 0.6) is 0 Å². The van der Waals surface area contributed by atoms with Gasteiger partial charge in [0.05, 0.1) is 0 Å². The van der Waals surface area contributed by atoms with Gasteiger partial charge in [-0.1, -0.05) is 46.8 Å². The highest BCUT2D eigenvalue weighted by Gasteiger charge is 2.18. The Bertz CT molecular complexity index is 414. The van der Waals surface area contributed by atoms with E-state index in [0.29, 0.717) is 11.2 Å². The molecule has 0 atom stereocenters. The minimum Gasteiger partial charge on any atom is -0.206 e. The Kier molecular flexibility index (Phi) is 4.93. The summed E-state index contributed by atoms with van der Waals surface area (Å²) in [5.74, 6) is -0.495. The van der Waals surface area contributed by atoms with Crippen molar-refractivity contribution in [3.05, 3.63) is 41.0 Å². The van der Waals surface area contributed by atoms with Gasteiger partial charge in [0.15, 0.2) is 0 Å². The summed E-state index contributed by atoms with van der Waals surface area (Å²) in [6, 6.07) is 4.01. The Labute approximate surface area is 115 Å². The summed E-state index contributed by atoms with van der Waals surface area (Å²) in [6.07, 6.45) is 7.67. The Morgan fingerprint density at radius 1 is 1.17 bits per heavy atom. The third kappa shape index (κ3) is 3.19. The van der Waals surface area contributed by atoms with Crippen molar-refractivity contribution in [2.24, 2.45) is 5.92 Å². The van der Waals surface area contributed by atoms with Crippen LogP contribution in [0.2, 0.25) is 0 Å². The Hall–Kier alpha value is -0.700. The summed E-state index contributed by atoms with van der Waals surface area (Å²) in [5.41, 5.74) is 1.20. The predicted octanol–water partition coefficient (Wildman–Crippen LogP) is 5.32. The van der Waals surface area contributed by atoms with E-state index in [1.807, 2.05) is 0 Å². The minimum atomic E-state index is -0.482. The number of halogens is 3. The van der Waals surface area contributed by atoms with Crippen molar-refractivity contribution in [1.29, 1.82) is 0 Å². The van der Waals surface area contributed by atoms with Crippen molar-refractivity contribution in [2.45, 2.75) is 32.1 Å². The molecule has 1 fully saturated rings. The second-order valence-electron chi connectivity index (χ2n) is 4.82. The monoisotopic (exact) mass is 314 g/mol. The molecule has 0 bridgehead atoms. The molecule has 0 N–H and O–H groups in total. The molecule has 0 radical (unpaired) electrons. The molecule has 0 aromatic heterocycles. The smallest absolute Gasteiger partial charge is 0.133 e. The van der Waals surface area contributed by atoms with Crippen molar-refractivity contribution in [2.75, 3.05) is 5.33 Å². The van der Waals surface area contributed by atoms with E-state index in [0.717, 1.165) is 18.4 Å². The lowest BCUT2D eigenvalue weighted by molar-refractivity contribution is 0.405. The lowest BCUT2D eigenvalue weighted by Gasteiger charge is -2.23. The second kappa shape index (κ2) is 6.46. The van der Waals surface area contributed by atoms with Crippen LogP contribution in [0.25, 0.3) is 6.08 Å². The average Bonchev–Trinajstić information content (AvgIpc) is 2.40. The summed E-state index contributed by atoms with van der Waals surface area (Å²) in [6.45, 7) is 0. The van der Waals surface area contributed by atoms with Crippen molar-refractivity contribution in [3.8, 4) is 0 Å². The van der Waals surface area contributed by atoms with E-state index in [1.165, 1.54) is 37.5 Å². The van der Waals surface area contributed by atoms with Crippen LogP contribution in [0, 0.1) is 17.6 Å². The van der Waals surface area contributed by atoms with Crippen LogP contribution in [0.3, 0.4) is 0 Å². The maximum absolute atomic E-state index is 13.6. The van der Waals surface area contributed by atoms with Crippen LogP contribution in [0.4, 0.5) is 8.78 Å². The number of benzene rings is 1. The van der Waals surface area contributed by atoms with E-state index in [1.54, 1.807) is 6.08 Å². The quantitative estimate of drug-likeness (QED) is 0.662. The fourth-order valence-electron chi connectivity index (χ4n) is 2.57. The zero-order chi connectivity index (χ0) is 13.0. The van der Waals surface area contributed by atoms with Gasteiger partial charge < -0.3 is 0 Å². The standard InChI is InChI=1S/C15H17BrF2/c16-10-12(11-5-2-1-3-6-11)9-13-14(17)7-4-8-15(13)18/h4,7-9,11H,1-3,5-6,10H2. The van der Waals surface area contributed by atoms with E-state index in [-0.39, 0.29) is 5.56 Å². The van der Waals surface area contributed by atoms with Gasteiger partial charge in [-0.15, -0.1) is 0 Å². The topological polar surface area (TPSA) is 0 Å². The fourth-order valence-corrected chi connectivity index (χ4v) is 3.19. The molecule has 0 saturated heterocycles. The molecule has 3 heteroatoms. The van der Waals surface area contributed by atoms with Gasteiger partial charge in [-0.05, 0) is 37.0 Å². The minimum absolute atomic E-state index is 0.0949. The van der Waals surface area contributed by atoms with E-state index >= 15 is 0 Å². The molecule has 1 aliphatic carbocycles. The summed E-state index contributed by atoms with van der Waals surface area (Å²) in [4.78, 5) is 0. The summed E-state index contributed by atoms with van der Waals surface area (Å²) in [5, 5.41) is 0.686. The summed E-state index contributed by atoms with van der Waals surface area (Å²) >= 11 is 3.44. The van der Waals surface area contributed by atoms with Crippen LogP contribution < -0.4 is 0 Å². The Morgan fingerprint density at radius 3 is 2.33 bits per heavy atom. The van der Waals surface area contributed by atoms with Crippen molar-refractivity contribution < 1.29 is 8.78 Å². The zero-order valence-corrected chi connectivity index (χ0v) is 11.8. The molecular weight excluding hydrogens is 298 g/mol. The van der Waals surface area contributed by atoms with Gasteiger partial charge in [0.1, 0.15) is 11.6 Å². The molecule has 0 aliphatic heterocycles. The van der Waals surface area contributed by atoms with Gasteiger partial charge in [0.2, 0.25) is 0 Å². The molecule has 1 saturated carbocycles. The highest BCUT2D eigenvalue weighted by molar-refractivity contribution is 9.09. The van der Waals surface area contributed by atoms with Gasteiger partial charge in [-0.25, -0.2) is 8.78 Å². The number of allylic oxidation sites excluding steroid dienone is 1. The molecule has 98 valence electrons. The van der Waals surface area contributed by atoms with Crippen LogP contribution in [0.1, 0.15) is 37.7 Å². The first-order valence-electron chi connectivity index (χ1n) is 6.43. The molecule has 1 aliphatic rings. The molecule has 1 aromatic rings. The largest absolute Gasteiger partial charge is 0.206 e. The van der Waals surface area contributed by atoms with Crippen molar-refractivity contribution in [3.63, 3.8) is 0 Å². The molecule has 18 heavy (non-hydrogen) atoms. The van der Waals surface area contributed by atoms with Gasteiger partial charge >= 0.3 is 0 Å². The van der Waals surface area contributed by atoms with Gasteiger partial charge in [-0.2, -0.15) is 0 Å². The SMILES string of the molecule is Fc1cccc(F)c1C=C(CBr)C1CCCCC1. The summed E-state index contributed by atoms with van der Waals surface area (Å²) < 4.78 is 27.2. The first-order chi connectivity index (χ1) is 8.72. The van der Waals surface area contributed by atoms with Crippen molar-refractivity contribution in [1.82, 2.24) is 0 Å². The normalized spacial score (nSPS) is 18.1. The molecular formula is C15H17BrF2. The van der Waals surface area contributed by atoms with Crippen LogP contribution in [-0.2, 0) is 0 Å². The highest BCUT2D eigenvalue weighted by atomic mass is 79.9. The van der Waals surface area contributed by atoms with E-state index in [2.05, 4.69) is 15.9 Å². The molecule has 0 amide bonds. The first kappa shape index (κ1) is 13.7. The Balaban J connectivity index is 2.28. The number of hydrogen-bond acceptors (Lipinski definition) is 0. The third-order valence-electron chi connectivity index (χ3n) is 3.61. The molecule has 0 nitrogen and oxygen atoms in total. The maximum Gasteiger partial charge on any atom is 0.133 e. The van der Waals surface area contributed by atoms with Crippen LogP contribution in [0.15, 0.2) is 23.8 Å². The summed E-state index contributed by atoms with van der Waals surface area (Å²) in [7, 11) is 0. The van der Waals surface area contributed by atoms with Crippen LogP contribution >= 0.6 is 15.9 Å². The molecule has 0 unspecified atom stereocenters. The van der Waals surface area contributed by atoms with Gasteiger partial charge in [0, 0.05) is 10.9 Å². The van der Waals surface area contributed by atoms with Gasteiger partial charge in [-0.3, -0.25) is 0 Å². The average molecular weight is 315 g/mol. The molecule has 0 heterocycles. The molecule has 2 rings (SSSR count). The van der Waals surface area contributed by atoms with Gasteiger partial charge in [0.25, 0.3) is 0 Å². The predicted molar refractivity (Wildman–Crippen MR) is 74.7 cm³/mol. The van der Waals surface area contributed by atoms with Crippen LogP contribution in [-0.4, -0.2) is 5.33 Å². The number of hydrogen-bond donors (Lipinski definition) is 0. The van der Waals surface area contributed by atoms with Crippen molar-refractivity contribution >= 4 is 22.0 Å². The number of alkyl halides is 1. The molecule has 0 spiro atoms. The maximum atomic E-state index is 13.6. The zero-order valence-electron chi connectivity index (χ0n) is 10.3. The second-order valence-corrected chi connectivity index (χ2v) is 5.38.